The van der Waals surface area contributed by atoms with E-state index in [1.54, 1.807) is 11.8 Å². The number of rotatable bonds is 1. The van der Waals surface area contributed by atoms with Crippen molar-refractivity contribution in [3.63, 3.8) is 0 Å². The van der Waals surface area contributed by atoms with Crippen LogP contribution in [0, 0.1) is 11.3 Å². The maximum atomic E-state index is 8.82. The van der Waals surface area contributed by atoms with E-state index >= 15 is 0 Å². The first kappa shape index (κ1) is 7.75. The number of hydrogen-bond donors (Lipinski definition) is 0. The fourth-order valence-corrected chi connectivity index (χ4v) is 2.34. The molecule has 1 aromatic rings. The van der Waals surface area contributed by atoms with Crippen LogP contribution < -0.4 is 0 Å². The van der Waals surface area contributed by atoms with Crippen LogP contribution in [0.4, 0.5) is 0 Å². The minimum Gasteiger partial charge on any atom is -0.339 e. The Labute approximate surface area is 76.2 Å². The van der Waals surface area contributed by atoms with Crippen LogP contribution >= 0.6 is 11.8 Å². The molecule has 2 rings (SSSR count). The summed E-state index contributed by atoms with van der Waals surface area (Å²) >= 11 is 1.75. The van der Waals surface area contributed by atoms with E-state index in [1.807, 2.05) is 0 Å². The van der Waals surface area contributed by atoms with Crippen LogP contribution in [0.1, 0.15) is 18.0 Å². The van der Waals surface area contributed by atoms with Gasteiger partial charge >= 0.3 is 0 Å². The van der Waals surface area contributed by atoms with Crippen molar-refractivity contribution in [1.82, 2.24) is 4.57 Å². The van der Waals surface area contributed by atoms with Gasteiger partial charge in [0, 0.05) is 12.2 Å². The molecule has 0 saturated carbocycles. The number of nitrogens with zero attached hydrogens (tertiary/aromatic N) is 2. The molecule has 0 spiro atoms. The SMILES string of the molecule is CSc1ccc2n1CCC2C#N. The van der Waals surface area contributed by atoms with Gasteiger partial charge in [-0.3, -0.25) is 0 Å². The molecular formula is C9H10N2S. The first-order valence-electron chi connectivity index (χ1n) is 4.00. The van der Waals surface area contributed by atoms with Gasteiger partial charge in [-0.05, 0) is 24.8 Å². The molecule has 2 nitrogen and oxygen atoms in total. The van der Waals surface area contributed by atoms with E-state index in [1.165, 1.54) is 10.7 Å². The predicted molar refractivity (Wildman–Crippen MR) is 49.2 cm³/mol. The van der Waals surface area contributed by atoms with Gasteiger partial charge in [0.25, 0.3) is 0 Å². The predicted octanol–water partition coefficient (Wildman–Crippen LogP) is 2.22. The highest BCUT2D eigenvalue weighted by molar-refractivity contribution is 7.98. The molecule has 0 radical (unpaired) electrons. The third-order valence-electron chi connectivity index (χ3n) is 2.34. The van der Waals surface area contributed by atoms with Gasteiger partial charge < -0.3 is 4.57 Å². The topological polar surface area (TPSA) is 28.7 Å². The van der Waals surface area contributed by atoms with Crippen LogP contribution in [-0.4, -0.2) is 10.8 Å². The zero-order valence-electron chi connectivity index (χ0n) is 6.95. The summed E-state index contributed by atoms with van der Waals surface area (Å²) in [5.41, 5.74) is 1.20. The van der Waals surface area contributed by atoms with Crippen LogP contribution in [0.25, 0.3) is 0 Å². The average molecular weight is 178 g/mol. The fourth-order valence-electron chi connectivity index (χ4n) is 1.72. The fraction of sp³-hybridized carbons (Fsp3) is 0.444. The zero-order valence-corrected chi connectivity index (χ0v) is 7.77. The largest absolute Gasteiger partial charge is 0.339 e. The minimum atomic E-state index is 0.130. The second kappa shape index (κ2) is 2.87. The van der Waals surface area contributed by atoms with Crippen molar-refractivity contribution in [2.24, 2.45) is 0 Å². The lowest BCUT2D eigenvalue weighted by Gasteiger charge is -2.00. The highest BCUT2D eigenvalue weighted by Gasteiger charge is 2.23. The van der Waals surface area contributed by atoms with Crippen molar-refractivity contribution in [3.05, 3.63) is 17.8 Å². The Morgan fingerprint density at radius 1 is 1.67 bits per heavy atom. The molecular weight excluding hydrogens is 168 g/mol. The summed E-state index contributed by atoms with van der Waals surface area (Å²) in [6.45, 7) is 1.01. The van der Waals surface area contributed by atoms with Gasteiger partial charge in [-0.2, -0.15) is 5.26 Å². The molecule has 62 valence electrons. The summed E-state index contributed by atoms with van der Waals surface area (Å²) in [7, 11) is 0. The monoisotopic (exact) mass is 178 g/mol. The second-order valence-electron chi connectivity index (χ2n) is 2.92. The number of aromatic nitrogens is 1. The summed E-state index contributed by atoms with van der Waals surface area (Å²) in [4.78, 5) is 0. The highest BCUT2D eigenvalue weighted by Crippen LogP contribution is 2.32. The Balaban J connectivity index is 2.43. The maximum absolute atomic E-state index is 8.82. The number of hydrogen-bond acceptors (Lipinski definition) is 2. The zero-order chi connectivity index (χ0) is 8.55. The molecule has 12 heavy (non-hydrogen) atoms. The van der Waals surface area contributed by atoms with Gasteiger partial charge in [0.15, 0.2) is 0 Å². The lowest BCUT2D eigenvalue weighted by Crippen LogP contribution is -1.92. The quantitative estimate of drug-likeness (QED) is 0.617. The molecule has 0 N–H and O–H groups in total. The summed E-state index contributed by atoms with van der Waals surface area (Å²) in [6.07, 6.45) is 3.06. The summed E-state index contributed by atoms with van der Waals surface area (Å²) in [5, 5.41) is 10.1. The average Bonchev–Trinajstić information content (AvgIpc) is 2.62. The van der Waals surface area contributed by atoms with Crippen molar-refractivity contribution < 1.29 is 0 Å². The molecule has 1 unspecified atom stereocenters. The van der Waals surface area contributed by atoms with E-state index in [0.717, 1.165) is 13.0 Å². The first-order chi connectivity index (χ1) is 5.86. The maximum Gasteiger partial charge on any atom is 0.0881 e. The van der Waals surface area contributed by atoms with Crippen LogP contribution in [0.3, 0.4) is 0 Å². The van der Waals surface area contributed by atoms with E-state index in [2.05, 4.69) is 29.0 Å². The third kappa shape index (κ3) is 0.953. The molecule has 0 aliphatic carbocycles. The van der Waals surface area contributed by atoms with E-state index in [4.69, 9.17) is 5.26 Å². The Morgan fingerprint density at radius 3 is 3.17 bits per heavy atom. The van der Waals surface area contributed by atoms with Gasteiger partial charge in [0.1, 0.15) is 0 Å². The van der Waals surface area contributed by atoms with E-state index < -0.39 is 0 Å². The van der Waals surface area contributed by atoms with Gasteiger partial charge in [0.2, 0.25) is 0 Å². The Kier molecular flexibility index (Phi) is 1.86. The molecule has 1 atom stereocenters. The number of nitriles is 1. The normalized spacial score (nSPS) is 20.5. The van der Waals surface area contributed by atoms with Crippen molar-refractivity contribution in [2.75, 3.05) is 6.26 Å². The van der Waals surface area contributed by atoms with E-state index in [9.17, 15) is 0 Å². The summed E-state index contributed by atoms with van der Waals surface area (Å²) in [5.74, 6) is 0.130. The molecule has 0 amide bonds. The van der Waals surface area contributed by atoms with Crippen molar-refractivity contribution in [3.8, 4) is 6.07 Å². The van der Waals surface area contributed by atoms with E-state index in [0.29, 0.717) is 0 Å². The van der Waals surface area contributed by atoms with Gasteiger partial charge in [-0.1, -0.05) is 0 Å². The molecule has 3 heteroatoms. The van der Waals surface area contributed by atoms with Crippen LogP contribution in [0.5, 0.6) is 0 Å². The van der Waals surface area contributed by atoms with Crippen LogP contribution in [-0.2, 0) is 6.54 Å². The lowest BCUT2D eigenvalue weighted by atomic mass is 10.1. The Hall–Kier alpha value is -0.880. The summed E-state index contributed by atoms with van der Waals surface area (Å²) < 4.78 is 2.25. The van der Waals surface area contributed by atoms with Crippen LogP contribution in [0.15, 0.2) is 17.2 Å². The molecule has 0 fully saturated rings. The molecule has 2 heterocycles. The van der Waals surface area contributed by atoms with E-state index in [-0.39, 0.29) is 5.92 Å². The molecule has 1 aromatic heterocycles. The molecule has 1 aliphatic rings. The van der Waals surface area contributed by atoms with Crippen LogP contribution in [0.2, 0.25) is 0 Å². The molecule has 0 bridgehead atoms. The highest BCUT2D eigenvalue weighted by atomic mass is 32.2. The Morgan fingerprint density at radius 2 is 2.50 bits per heavy atom. The number of fused-ring (bicyclic) bond motifs is 1. The smallest absolute Gasteiger partial charge is 0.0881 e. The van der Waals surface area contributed by atoms with Gasteiger partial charge in [0.05, 0.1) is 17.0 Å². The molecule has 0 aromatic carbocycles. The molecule has 0 saturated heterocycles. The van der Waals surface area contributed by atoms with Crippen molar-refractivity contribution in [2.45, 2.75) is 23.9 Å². The second-order valence-corrected chi connectivity index (χ2v) is 3.75. The third-order valence-corrected chi connectivity index (χ3v) is 3.11. The minimum absolute atomic E-state index is 0.130. The van der Waals surface area contributed by atoms with Gasteiger partial charge in [-0.25, -0.2) is 0 Å². The molecule has 1 aliphatic heterocycles. The van der Waals surface area contributed by atoms with Gasteiger partial charge in [-0.15, -0.1) is 11.8 Å². The number of thioether (sulfide) groups is 1. The summed E-state index contributed by atoms with van der Waals surface area (Å²) in [6, 6.07) is 6.50. The lowest BCUT2D eigenvalue weighted by molar-refractivity contribution is 0.688. The van der Waals surface area contributed by atoms with Crippen molar-refractivity contribution >= 4 is 11.8 Å². The van der Waals surface area contributed by atoms with Crippen molar-refractivity contribution in [1.29, 1.82) is 5.26 Å². The standard InChI is InChI=1S/C9H10N2S/c1-12-9-3-2-8-7(6-10)4-5-11(8)9/h2-3,7H,4-5H2,1H3. The first-order valence-corrected chi connectivity index (χ1v) is 5.22. The Bertz CT molecular complexity index is 335.